The van der Waals surface area contributed by atoms with Crippen molar-refractivity contribution in [3.8, 4) is 5.75 Å². The first-order valence-corrected chi connectivity index (χ1v) is 6.01. The first kappa shape index (κ1) is 11.7. The van der Waals surface area contributed by atoms with Gasteiger partial charge in [-0.2, -0.15) is 0 Å². The summed E-state index contributed by atoms with van der Waals surface area (Å²) in [5, 5.41) is 2.80. The van der Waals surface area contributed by atoms with Crippen LogP contribution >= 0.6 is 0 Å². The van der Waals surface area contributed by atoms with Crippen LogP contribution in [0.4, 0.5) is 0 Å². The number of hydrogen-bond donors (Lipinski definition) is 1. The summed E-state index contributed by atoms with van der Waals surface area (Å²) in [7, 11) is 0. The van der Waals surface area contributed by atoms with Crippen LogP contribution in [0.15, 0.2) is 24.3 Å². The van der Waals surface area contributed by atoms with Gasteiger partial charge in [-0.3, -0.25) is 4.79 Å². The van der Waals surface area contributed by atoms with Gasteiger partial charge in [-0.1, -0.05) is 13.0 Å². The molecule has 0 saturated carbocycles. The molecule has 3 heteroatoms. The lowest BCUT2D eigenvalue weighted by Gasteiger charge is -2.00. The van der Waals surface area contributed by atoms with Gasteiger partial charge < -0.3 is 10.1 Å². The Morgan fingerprint density at radius 2 is 2.41 bits per heavy atom. The average Bonchev–Trinajstić information content (AvgIpc) is 2.81. The van der Waals surface area contributed by atoms with Crippen molar-refractivity contribution in [2.24, 2.45) is 0 Å². The number of nitrogens with one attached hydrogen (secondary N) is 1. The van der Waals surface area contributed by atoms with Gasteiger partial charge in [0.2, 0.25) is 5.91 Å². The Labute approximate surface area is 101 Å². The van der Waals surface area contributed by atoms with Crippen LogP contribution in [0, 0.1) is 0 Å². The topological polar surface area (TPSA) is 38.3 Å². The molecule has 0 aliphatic carbocycles. The number of rotatable bonds is 4. The summed E-state index contributed by atoms with van der Waals surface area (Å²) >= 11 is 0. The highest BCUT2D eigenvalue weighted by atomic mass is 16.5. The summed E-state index contributed by atoms with van der Waals surface area (Å²) in [4.78, 5) is 11.4. The maximum atomic E-state index is 11.4. The third-order valence-electron chi connectivity index (χ3n) is 2.69. The monoisotopic (exact) mass is 231 g/mol. The van der Waals surface area contributed by atoms with Crippen molar-refractivity contribution in [2.75, 3.05) is 13.2 Å². The van der Waals surface area contributed by atoms with Crippen LogP contribution in [0.5, 0.6) is 5.75 Å². The van der Waals surface area contributed by atoms with Gasteiger partial charge in [0.15, 0.2) is 0 Å². The van der Waals surface area contributed by atoms with Crippen LogP contribution in [0.2, 0.25) is 0 Å². The van der Waals surface area contributed by atoms with Gasteiger partial charge in [-0.15, -0.1) is 0 Å². The van der Waals surface area contributed by atoms with Gasteiger partial charge in [-0.25, -0.2) is 0 Å². The van der Waals surface area contributed by atoms with E-state index < -0.39 is 0 Å². The highest BCUT2D eigenvalue weighted by Crippen LogP contribution is 2.26. The van der Waals surface area contributed by atoms with Crippen LogP contribution in [0.3, 0.4) is 0 Å². The minimum Gasteiger partial charge on any atom is -0.493 e. The lowest BCUT2D eigenvalue weighted by molar-refractivity contribution is -0.116. The van der Waals surface area contributed by atoms with E-state index in [-0.39, 0.29) is 5.91 Å². The van der Waals surface area contributed by atoms with Crippen molar-refractivity contribution < 1.29 is 9.53 Å². The van der Waals surface area contributed by atoms with E-state index in [1.165, 1.54) is 5.56 Å². The predicted molar refractivity (Wildman–Crippen MR) is 68.0 cm³/mol. The summed E-state index contributed by atoms with van der Waals surface area (Å²) in [6, 6.07) is 6.01. The molecular formula is C14H17NO2. The van der Waals surface area contributed by atoms with Crippen LogP contribution in [-0.4, -0.2) is 19.1 Å². The molecule has 0 bridgehead atoms. The van der Waals surface area contributed by atoms with Gasteiger partial charge in [-0.05, 0) is 35.8 Å². The second-order valence-electron chi connectivity index (χ2n) is 4.09. The number of benzene rings is 1. The Hall–Kier alpha value is -1.77. The highest BCUT2D eigenvalue weighted by Gasteiger charge is 2.10. The zero-order valence-corrected chi connectivity index (χ0v) is 10.0. The normalized spacial score (nSPS) is 13.5. The Morgan fingerprint density at radius 1 is 1.53 bits per heavy atom. The standard InChI is InChI=1S/C14H17NO2/c1-2-8-15-14(16)6-4-11-3-5-13-12(10-11)7-9-17-13/h3-6,10H,2,7-9H2,1H3,(H,15,16). The van der Waals surface area contributed by atoms with Gasteiger partial charge in [0.1, 0.15) is 5.75 Å². The largest absolute Gasteiger partial charge is 0.493 e. The zero-order valence-electron chi connectivity index (χ0n) is 10.0. The minimum atomic E-state index is -0.0383. The fourth-order valence-electron chi connectivity index (χ4n) is 1.79. The van der Waals surface area contributed by atoms with E-state index in [2.05, 4.69) is 11.4 Å². The van der Waals surface area contributed by atoms with Crippen molar-refractivity contribution >= 4 is 12.0 Å². The molecule has 3 nitrogen and oxygen atoms in total. The third-order valence-corrected chi connectivity index (χ3v) is 2.69. The molecule has 0 atom stereocenters. The molecule has 1 heterocycles. The van der Waals surface area contributed by atoms with Crippen molar-refractivity contribution in [1.82, 2.24) is 5.32 Å². The highest BCUT2D eigenvalue weighted by molar-refractivity contribution is 5.91. The number of hydrogen-bond acceptors (Lipinski definition) is 2. The number of carbonyl (C=O) groups is 1. The second-order valence-corrected chi connectivity index (χ2v) is 4.09. The van der Waals surface area contributed by atoms with Gasteiger partial charge in [0, 0.05) is 19.0 Å². The summed E-state index contributed by atoms with van der Waals surface area (Å²) in [6.07, 6.45) is 5.32. The first-order chi connectivity index (χ1) is 8.29. The minimum absolute atomic E-state index is 0.0383. The smallest absolute Gasteiger partial charge is 0.243 e. The molecule has 0 unspecified atom stereocenters. The number of ether oxygens (including phenoxy) is 1. The van der Waals surface area contributed by atoms with E-state index in [1.54, 1.807) is 6.08 Å². The molecule has 17 heavy (non-hydrogen) atoms. The Bertz CT molecular complexity index is 438. The van der Waals surface area contributed by atoms with Crippen molar-refractivity contribution in [3.63, 3.8) is 0 Å². The molecule has 1 aromatic rings. The molecule has 1 aliphatic heterocycles. The first-order valence-electron chi connectivity index (χ1n) is 6.01. The molecule has 1 amide bonds. The van der Waals surface area contributed by atoms with Crippen LogP contribution < -0.4 is 10.1 Å². The van der Waals surface area contributed by atoms with Gasteiger partial charge in [0.25, 0.3) is 0 Å². The van der Waals surface area contributed by atoms with E-state index in [4.69, 9.17) is 4.74 Å². The van der Waals surface area contributed by atoms with Crippen molar-refractivity contribution in [2.45, 2.75) is 19.8 Å². The number of amides is 1. The molecule has 0 radical (unpaired) electrons. The number of carbonyl (C=O) groups excluding carboxylic acids is 1. The Balaban J connectivity index is 1.99. The summed E-state index contributed by atoms with van der Waals surface area (Å²) < 4.78 is 5.43. The van der Waals surface area contributed by atoms with E-state index in [1.807, 2.05) is 25.1 Å². The SMILES string of the molecule is CCCNC(=O)C=Cc1ccc2c(c1)CCO2. The van der Waals surface area contributed by atoms with E-state index >= 15 is 0 Å². The maximum absolute atomic E-state index is 11.4. The summed E-state index contributed by atoms with van der Waals surface area (Å²) in [5.74, 6) is 0.932. The lowest BCUT2D eigenvalue weighted by Crippen LogP contribution is -2.21. The fraction of sp³-hybridized carbons (Fsp3) is 0.357. The van der Waals surface area contributed by atoms with Crippen molar-refractivity contribution in [1.29, 1.82) is 0 Å². The molecule has 2 rings (SSSR count). The Kier molecular flexibility index (Phi) is 3.81. The molecule has 1 aromatic carbocycles. The summed E-state index contributed by atoms with van der Waals surface area (Å²) in [5.41, 5.74) is 2.27. The maximum Gasteiger partial charge on any atom is 0.243 e. The van der Waals surface area contributed by atoms with Gasteiger partial charge >= 0.3 is 0 Å². The van der Waals surface area contributed by atoms with Crippen LogP contribution in [-0.2, 0) is 11.2 Å². The quantitative estimate of drug-likeness (QED) is 0.806. The molecule has 0 fully saturated rings. The lowest BCUT2D eigenvalue weighted by atomic mass is 10.1. The predicted octanol–water partition coefficient (Wildman–Crippen LogP) is 2.16. The number of fused-ring (bicyclic) bond motifs is 1. The fourth-order valence-corrected chi connectivity index (χ4v) is 1.79. The molecule has 1 aliphatic rings. The molecule has 0 spiro atoms. The van der Waals surface area contributed by atoms with Crippen molar-refractivity contribution in [3.05, 3.63) is 35.4 Å². The summed E-state index contributed by atoms with van der Waals surface area (Å²) in [6.45, 7) is 3.52. The van der Waals surface area contributed by atoms with Crippen LogP contribution in [0.25, 0.3) is 6.08 Å². The average molecular weight is 231 g/mol. The Morgan fingerprint density at radius 3 is 3.24 bits per heavy atom. The van der Waals surface area contributed by atoms with E-state index in [9.17, 15) is 4.79 Å². The van der Waals surface area contributed by atoms with E-state index in [0.29, 0.717) is 0 Å². The second kappa shape index (κ2) is 5.53. The van der Waals surface area contributed by atoms with Gasteiger partial charge in [0.05, 0.1) is 6.61 Å². The molecule has 0 aromatic heterocycles. The third kappa shape index (κ3) is 3.09. The molecule has 0 saturated heterocycles. The van der Waals surface area contributed by atoms with E-state index in [0.717, 1.165) is 37.3 Å². The molecule has 1 N–H and O–H groups in total. The van der Waals surface area contributed by atoms with Crippen LogP contribution in [0.1, 0.15) is 24.5 Å². The molecular weight excluding hydrogens is 214 g/mol. The zero-order chi connectivity index (χ0) is 12.1. The molecule has 90 valence electrons.